The monoisotopic (exact) mass is 469 g/mol. The number of nitrogens with zero attached hydrogens (tertiary/aromatic N) is 3. The third-order valence-electron chi connectivity index (χ3n) is 4.94. The number of hydrogen-bond donors (Lipinski definition) is 2. The maximum atomic E-state index is 13.9. The SMILES string of the molecule is COc1ccc(-c2nc(C(F)(F)F)c3cc(C(O)(O)C(F)(F)F)c4ncccc4c3n2)cc1. The zero-order chi connectivity index (χ0) is 24.2. The van der Waals surface area contributed by atoms with E-state index in [0.717, 1.165) is 6.20 Å². The highest BCUT2D eigenvalue weighted by Crippen LogP contribution is 2.43. The van der Waals surface area contributed by atoms with Gasteiger partial charge in [0.1, 0.15) is 5.75 Å². The van der Waals surface area contributed by atoms with Gasteiger partial charge < -0.3 is 14.9 Å². The first-order chi connectivity index (χ1) is 15.3. The second-order valence-electron chi connectivity index (χ2n) is 7.01. The Morgan fingerprint density at radius 2 is 1.52 bits per heavy atom. The molecule has 12 heteroatoms. The van der Waals surface area contributed by atoms with Crippen molar-refractivity contribution in [1.82, 2.24) is 15.0 Å². The fraction of sp³-hybridized carbons (Fsp3) is 0.190. The second kappa shape index (κ2) is 7.52. The van der Waals surface area contributed by atoms with Crippen molar-refractivity contribution in [2.24, 2.45) is 0 Å². The number of pyridine rings is 1. The van der Waals surface area contributed by atoms with E-state index in [2.05, 4.69) is 15.0 Å². The van der Waals surface area contributed by atoms with Gasteiger partial charge in [-0.2, -0.15) is 26.3 Å². The van der Waals surface area contributed by atoms with E-state index in [0.29, 0.717) is 11.8 Å². The van der Waals surface area contributed by atoms with E-state index in [4.69, 9.17) is 4.74 Å². The number of alkyl halides is 6. The lowest BCUT2D eigenvalue weighted by Gasteiger charge is -2.26. The van der Waals surface area contributed by atoms with Crippen molar-refractivity contribution >= 4 is 21.8 Å². The Bertz CT molecular complexity index is 1350. The molecule has 6 nitrogen and oxygen atoms in total. The van der Waals surface area contributed by atoms with Crippen LogP contribution in [0.15, 0.2) is 48.7 Å². The quantitative estimate of drug-likeness (QED) is 0.260. The van der Waals surface area contributed by atoms with Crippen LogP contribution in [-0.2, 0) is 12.0 Å². The second-order valence-corrected chi connectivity index (χ2v) is 7.01. The summed E-state index contributed by atoms with van der Waals surface area (Å²) in [5.74, 6) is -4.37. The third-order valence-corrected chi connectivity index (χ3v) is 4.94. The number of halogens is 6. The predicted molar refractivity (Wildman–Crippen MR) is 104 cm³/mol. The highest BCUT2D eigenvalue weighted by molar-refractivity contribution is 6.06. The Morgan fingerprint density at radius 1 is 0.848 bits per heavy atom. The van der Waals surface area contributed by atoms with Crippen LogP contribution in [0.5, 0.6) is 5.75 Å². The minimum Gasteiger partial charge on any atom is -0.497 e. The average molecular weight is 469 g/mol. The van der Waals surface area contributed by atoms with Gasteiger partial charge in [0, 0.05) is 28.1 Å². The molecular weight excluding hydrogens is 456 g/mol. The Kier molecular flexibility index (Phi) is 5.17. The van der Waals surface area contributed by atoms with Crippen molar-refractivity contribution in [3.8, 4) is 17.1 Å². The summed E-state index contributed by atoms with van der Waals surface area (Å²) in [6.45, 7) is 0. The molecule has 0 atom stereocenters. The van der Waals surface area contributed by atoms with Crippen molar-refractivity contribution in [2.45, 2.75) is 18.1 Å². The normalized spacial score (nSPS) is 13.0. The molecule has 0 aliphatic heterocycles. The van der Waals surface area contributed by atoms with Gasteiger partial charge in [-0.25, -0.2) is 9.97 Å². The first-order valence-corrected chi connectivity index (χ1v) is 9.17. The van der Waals surface area contributed by atoms with E-state index < -0.39 is 40.3 Å². The van der Waals surface area contributed by atoms with Gasteiger partial charge in [0.25, 0.3) is 5.79 Å². The number of aliphatic hydroxyl groups is 2. The van der Waals surface area contributed by atoms with Crippen LogP contribution < -0.4 is 4.74 Å². The Labute approximate surface area is 181 Å². The molecule has 0 unspecified atom stereocenters. The third kappa shape index (κ3) is 3.80. The van der Waals surface area contributed by atoms with E-state index in [1.165, 1.54) is 43.5 Å². The molecule has 0 amide bonds. The van der Waals surface area contributed by atoms with E-state index >= 15 is 0 Å². The molecule has 0 bridgehead atoms. The van der Waals surface area contributed by atoms with Crippen LogP contribution >= 0.6 is 0 Å². The zero-order valence-corrected chi connectivity index (χ0v) is 16.5. The summed E-state index contributed by atoms with van der Waals surface area (Å²) in [6.07, 6.45) is -9.64. The number of rotatable bonds is 3. The minimum atomic E-state index is -5.62. The van der Waals surface area contributed by atoms with Crippen LogP contribution in [0.1, 0.15) is 11.3 Å². The van der Waals surface area contributed by atoms with E-state index in [1.54, 1.807) is 0 Å². The molecule has 2 aromatic carbocycles. The summed E-state index contributed by atoms with van der Waals surface area (Å²) in [4.78, 5) is 11.5. The van der Waals surface area contributed by atoms with Crippen LogP contribution in [0.4, 0.5) is 26.3 Å². The molecular formula is C21H13F6N3O3. The van der Waals surface area contributed by atoms with Crippen LogP contribution in [-0.4, -0.2) is 38.5 Å². The molecule has 33 heavy (non-hydrogen) atoms. The molecule has 4 rings (SSSR count). The zero-order valence-electron chi connectivity index (χ0n) is 16.5. The lowest BCUT2D eigenvalue weighted by Crippen LogP contribution is -2.42. The molecule has 0 radical (unpaired) electrons. The average Bonchev–Trinajstić information content (AvgIpc) is 2.76. The van der Waals surface area contributed by atoms with Gasteiger partial charge >= 0.3 is 12.4 Å². The largest absolute Gasteiger partial charge is 0.497 e. The number of aromatic nitrogens is 3. The number of fused-ring (bicyclic) bond motifs is 3. The number of benzene rings is 2. The van der Waals surface area contributed by atoms with Gasteiger partial charge in [-0.15, -0.1) is 0 Å². The topological polar surface area (TPSA) is 88.4 Å². The molecule has 0 aliphatic carbocycles. The van der Waals surface area contributed by atoms with Crippen molar-refractivity contribution in [2.75, 3.05) is 7.11 Å². The Hall–Kier alpha value is -3.51. The molecule has 0 saturated carbocycles. The summed E-state index contributed by atoms with van der Waals surface area (Å²) in [6, 6.07) is 8.63. The summed E-state index contributed by atoms with van der Waals surface area (Å²) in [5, 5.41) is 18.5. The van der Waals surface area contributed by atoms with Gasteiger partial charge in [0.05, 0.1) is 18.1 Å². The highest BCUT2D eigenvalue weighted by Gasteiger charge is 2.55. The molecule has 2 aromatic heterocycles. The lowest BCUT2D eigenvalue weighted by atomic mass is 9.97. The molecule has 172 valence electrons. The van der Waals surface area contributed by atoms with Crippen molar-refractivity contribution in [3.63, 3.8) is 0 Å². The maximum Gasteiger partial charge on any atom is 0.447 e. The summed E-state index contributed by atoms with van der Waals surface area (Å²) in [7, 11) is 1.41. The van der Waals surface area contributed by atoms with Crippen LogP contribution in [0.3, 0.4) is 0 Å². The Balaban J connectivity index is 2.13. The summed E-state index contributed by atoms with van der Waals surface area (Å²) >= 11 is 0. The van der Waals surface area contributed by atoms with Gasteiger partial charge in [0.2, 0.25) is 0 Å². The highest BCUT2D eigenvalue weighted by atomic mass is 19.4. The van der Waals surface area contributed by atoms with Crippen LogP contribution in [0.2, 0.25) is 0 Å². The van der Waals surface area contributed by atoms with Gasteiger partial charge in [-0.3, -0.25) is 4.98 Å². The number of ether oxygens (including phenoxy) is 1. The number of methoxy groups -OCH3 is 1. The van der Waals surface area contributed by atoms with Gasteiger partial charge in [0.15, 0.2) is 11.5 Å². The summed E-state index contributed by atoms with van der Waals surface area (Å²) < 4.78 is 86.8. The van der Waals surface area contributed by atoms with Gasteiger partial charge in [-0.05, 0) is 42.5 Å². The fourth-order valence-electron chi connectivity index (χ4n) is 3.34. The standard InChI is InChI=1S/C21H13F6N3O3/c1-33-11-6-4-10(5-7-11)18-29-15-12-3-2-8-28-16(12)14(19(31,32)21(25,26)27)9-13(15)17(30-18)20(22,23)24/h2-9,31-32H,1H3. The number of hydrogen-bond acceptors (Lipinski definition) is 6. The molecule has 0 spiro atoms. The molecule has 2 N–H and O–H groups in total. The Morgan fingerprint density at radius 3 is 2.09 bits per heavy atom. The smallest absolute Gasteiger partial charge is 0.447 e. The van der Waals surface area contributed by atoms with Gasteiger partial charge in [-0.1, -0.05) is 0 Å². The summed E-state index contributed by atoms with van der Waals surface area (Å²) in [5.41, 5.74) is -3.54. The first kappa shape index (κ1) is 22.7. The van der Waals surface area contributed by atoms with E-state index in [1.807, 2.05) is 0 Å². The van der Waals surface area contributed by atoms with Crippen molar-refractivity contribution in [3.05, 3.63) is 59.9 Å². The molecule has 0 aliphatic rings. The minimum absolute atomic E-state index is 0.193. The van der Waals surface area contributed by atoms with Crippen LogP contribution in [0.25, 0.3) is 33.2 Å². The molecule has 0 fully saturated rings. The van der Waals surface area contributed by atoms with Crippen LogP contribution in [0, 0.1) is 0 Å². The predicted octanol–water partition coefficient (Wildman–Crippen LogP) is 4.57. The van der Waals surface area contributed by atoms with Crippen molar-refractivity contribution in [1.29, 1.82) is 0 Å². The first-order valence-electron chi connectivity index (χ1n) is 9.17. The van der Waals surface area contributed by atoms with E-state index in [-0.39, 0.29) is 22.3 Å². The molecule has 4 aromatic rings. The van der Waals surface area contributed by atoms with Crippen molar-refractivity contribution < 1.29 is 41.3 Å². The molecule has 0 saturated heterocycles. The maximum absolute atomic E-state index is 13.9. The lowest BCUT2D eigenvalue weighted by molar-refractivity contribution is -0.357. The van der Waals surface area contributed by atoms with E-state index in [9.17, 15) is 36.6 Å². The molecule has 2 heterocycles. The fourth-order valence-corrected chi connectivity index (χ4v) is 3.34.